The van der Waals surface area contributed by atoms with Crippen molar-refractivity contribution in [3.63, 3.8) is 0 Å². The lowest BCUT2D eigenvalue weighted by molar-refractivity contribution is 0.292. The Morgan fingerprint density at radius 1 is 1.19 bits per heavy atom. The molecule has 0 aliphatic rings. The van der Waals surface area contributed by atoms with E-state index in [2.05, 4.69) is 5.32 Å². The Balaban J connectivity index is 1.88. The minimum Gasteiger partial charge on any atom is -0.495 e. The molecular weight excluding hydrogens is 359 g/mol. The van der Waals surface area contributed by atoms with Crippen molar-refractivity contribution in [3.05, 3.63) is 53.8 Å². The van der Waals surface area contributed by atoms with E-state index < -0.39 is 15.8 Å². The number of halogens is 1. The zero-order valence-corrected chi connectivity index (χ0v) is 15.6. The molecule has 0 saturated carbocycles. The SMILES string of the molecule is COc1ccc(CC(C)NCCOc2ccccc2F)cc1S(N)(=O)=O. The molecule has 1 unspecified atom stereocenters. The number of methoxy groups -OCH3 is 1. The van der Waals surface area contributed by atoms with Gasteiger partial charge >= 0.3 is 0 Å². The molecule has 0 aliphatic carbocycles. The van der Waals surface area contributed by atoms with Crippen LogP contribution in [0.15, 0.2) is 47.4 Å². The zero-order valence-electron chi connectivity index (χ0n) is 14.7. The standard InChI is InChI=1S/C18H23FN2O4S/c1-13(21-9-10-25-16-6-4-3-5-15(16)19)11-14-7-8-17(24-2)18(12-14)26(20,22)23/h3-8,12-13,21H,9-11H2,1-2H3,(H2,20,22,23). The van der Waals surface area contributed by atoms with Gasteiger partial charge in [0.2, 0.25) is 10.0 Å². The van der Waals surface area contributed by atoms with Gasteiger partial charge in [-0.25, -0.2) is 17.9 Å². The van der Waals surface area contributed by atoms with Crippen LogP contribution in [0.5, 0.6) is 11.5 Å². The van der Waals surface area contributed by atoms with Gasteiger partial charge in [-0.3, -0.25) is 0 Å². The monoisotopic (exact) mass is 382 g/mol. The highest BCUT2D eigenvalue weighted by Gasteiger charge is 2.16. The number of benzene rings is 2. The van der Waals surface area contributed by atoms with Crippen molar-refractivity contribution in [2.45, 2.75) is 24.3 Å². The number of hydrogen-bond donors (Lipinski definition) is 2. The van der Waals surface area contributed by atoms with Crippen LogP contribution in [0, 0.1) is 5.82 Å². The minimum absolute atomic E-state index is 0.0346. The van der Waals surface area contributed by atoms with Crippen LogP contribution in [0.1, 0.15) is 12.5 Å². The van der Waals surface area contributed by atoms with Crippen molar-refractivity contribution in [3.8, 4) is 11.5 Å². The molecule has 0 amide bonds. The molecule has 2 aromatic carbocycles. The van der Waals surface area contributed by atoms with Crippen LogP contribution >= 0.6 is 0 Å². The summed E-state index contributed by atoms with van der Waals surface area (Å²) in [7, 11) is -2.47. The smallest absolute Gasteiger partial charge is 0.241 e. The number of rotatable bonds is 9. The van der Waals surface area contributed by atoms with Gasteiger partial charge in [-0.1, -0.05) is 18.2 Å². The topological polar surface area (TPSA) is 90.7 Å². The van der Waals surface area contributed by atoms with E-state index in [9.17, 15) is 12.8 Å². The predicted molar refractivity (Wildman–Crippen MR) is 97.4 cm³/mol. The van der Waals surface area contributed by atoms with E-state index in [1.807, 2.05) is 6.92 Å². The fraction of sp³-hybridized carbons (Fsp3) is 0.333. The summed E-state index contributed by atoms with van der Waals surface area (Å²) in [5.74, 6) is 0.0411. The molecule has 0 spiro atoms. The molecule has 2 rings (SSSR count). The van der Waals surface area contributed by atoms with Gasteiger partial charge in [0.1, 0.15) is 17.3 Å². The summed E-state index contributed by atoms with van der Waals surface area (Å²) in [5, 5.41) is 8.48. The molecule has 1 atom stereocenters. The van der Waals surface area contributed by atoms with Crippen LogP contribution in [0.2, 0.25) is 0 Å². The van der Waals surface area contributed by atoms with E-state index in [0.717, 1.165) is 5.56 Å². The van der Waals surface area contributed by atoms with E-state index in [1.165, 1.54) is 19.2 Å². The highest BCUT2D eigenvalue weighted by atomic mass is 32.2. The number of hydrogen-bond acceptors (Lipinski definition) is 5. The third-order valence-electron chi connectivity index (χ3n) is 3.77. The zero-order chi connectivity index (χ0) is 19.2. The first-order valence-corrected chi connectivity index (χ1v) is 9.66. The van der Waals surface area contributed by atoms with Crippen molar-refractivity contribution < 1.29 is 22.3 Å². The first-order chi connectivity index (χ1) is 12.3. The number of sulfonamides is 1. The first-order valence-electron chi connectivity index (χ1n) is 8.11. The van der Waals surface area contributed by atoms with Gasteiger partial charge in [0.25, 0.3) is 0 Å². The number of para-hydroxylation sites is 1. The average molecular weight is 382 g/mol. The third kappa shape index (κ3) is 5.69. The summed E-state index contributed by atoms with van der Waals surface area (Å²) in [4.78, 5) is -0.0346. The minimum atomic E-state index is -3.86. The summed E-state index contributed by atoms with van der Waals surface area (Å²) in [6.07, 6.45) is 0.589. The van der Waals surface area contributed by atoms with E-state index in [4.69, 9.17) is 14.6 Å². The molecule has 2 aromatic rings. The lowest BCUT2D eigenvalue weighted by Crippen LogP contribution is -2.32. The van der Waals surface area contributed by atoms with Crippen molar-refractivity contribution in [1.29, 1.82) is 0 Å². The molecule has 6 nitrogen and oxygen atoms in total. The normalized spacial score (nSPS) is 12.6. The molecule has 0 saturated heterocycles. The molecule has 26 heavy (non-hydrogen) atoms. The summed E-state index contributed by atoms with van der Waals surface area (Å²) in [5.41, 5.74) is 0.810. The Bertz CT molecular complexity index is 843. The Morgan fingerprint density at radius 2 is 1.92 bits per heavy atom. The van der Waals surface area contributed by atoms with E-state index in [-0.39, 0.29) is 22.4 Å². The Kier molecular flexibility index (Phi) is 6.96. The maximum absolute atomic E-state index is 13.4. The van der Waals surface area contributed by atoms with E-state index in [1.54, 1.807) is 30.3 Å². The van der Waals surface area contributed by atoms with E-state index in [0.29, 0.717) is 19.6 Å². The van der Waals surface area contributed by atoms with Crippen molar-refractivity contribution >= 4 is 10.0 Å². The van der Waals surface area contributed by atoms with Gasteiger partial charge in [-0.05, 0) is 43.2 Å². The number of nitrogens with one attached hydrogen (secondary N) is 1. The predicted octanol–water partition coefficient (Wildman–Crippen LogP) is 2.08. The Hall–Kier alpha value is -2.16. The molecule has 0 heterocycles. The van der Waals surface area contributed by atoms with Gasteiger partial charge in [0.15, 0.2) is 11.6 Å². The molecule has 3 N–H and O–H groups in total. The second kappa shape index (κ2) is 8.98. The van der Waals surface area contributed by atoms with Gasteiger partial charge in [0, 0.05) is 12.6 Å². The Morgan fingerprint density at radius 3 is 2.58 bits per heavy atom. The molecule has 0 fully saturated rings. The highest BCUT2D eigenvalue weighted by Crippen LogP contribution is 2.24. The summed E-state index contributed by atoms with van der Waals surface area (Å²) >= 11 is 0. The number of ether oxygens (including phenoxy) is 2. The maximum atomic E-state index is 13.4. The summed E-state index contributed by atoms with van der Waals surface area (Å²) in [6, 6.07) is 11.2. The third-order valence-corrected chi connectivity index (χ3v) is 4.70. The summed E-state index contributed by atoms with van der Waals surface area (Å²) < 4.78 is 47.2. The largest absolute Gasteiger partial charge is 0.495 e. The molecule has 0 aliphatic heterocycles. The highest BCUT2D eigenvalue weighted by molar-refractivity contribution is 7.89. The van der Waals surface area contributed by atoms with Crippen molar-refractivity contribution in [2.24, 2.45) is 5.14 Å². The van der Waals surface area contributed by atoms with Gasteiger partial charge in [0.05, 0.1) is 7.11 Å². The molecule has 0 bridgehead atoms. The van der Waals surface area contributed by atoms with Crippen LogP contribution < -0.4 is 19.9 Å². The number of primary sulfonamides is 1. The van der Waals surface area contributed by atoms with Gasteiger partial charge < -0.3 is 14.8 Å². The van der Waals surface area contributed by atoms with Gasteiger partial charge in [-0.2, -0.15) is 0 Å². The van der Waals surface area contributed by atoms with Crippen LogP contribution in [0.4, 0.5) is 4.39 Å². The lowest BCUT2D eigenvalue weighted by atomic mass is 10.1. The first kappa shape index (κ1) is 20.2. The molecule has 8 heteroatoms. The molecule has 0 aromatic heterocycles. The molecular formula is C18H23FN2O4S. The fourth-order valence-corrected chi connectivity index (χ4v) is 3.27. The molecule has 0 radical (unpaired) electrons. The van der Waals surface area contributed by atoms with Crippen molar-refractivity contribution in [1.82, 2.24) is 5.32 Å². The second-order valence-electron chi connectivity index (χ2n) is 5.87. The lowest BCUT2D eigenvalue weighted by Gasteiger charge is -2.16. The second-order valence-corrected chi connectivity index (χ2v) is 7.40. The van der Waals surface area contributed by atoms with Crippen LogP contribution in [0.25, 0.3) is 0 Å². The quantitative estimate of drug-likeness (QED) is 0.648. The maximum Gasteiger partial charge on any atom is 0.241 e. The average Bonchev–Trinajstić information content (AvgIpc) is 2.59. The summed E-state index contributed by atoms with van der Waals surface area (Å²) in [6.45, 7) is 2.80. The van der Waals surface area contributed by atoms with E-state index >= 15 is 0 Å². The fourth-order valence-electron chi connectivity index (χ4n) is 2.52. The van der Waals surface area contributed by atoms with Crippen LogP contribution in [-0.2, 0) is 16.4 Å². The van der Waals surface area contributed by atoms with Crippen molar-refractivity contribution in [2.75, 3.05) is 20.3 Å². The Labute approximate surface area is 153 Å². The van der Waals surface area contributed by atoms with Gasteiger partial charge in [-0.15, -0.1) is 0 Å². The number of nitrogens with two attached hydrogens (primary N) is 1. The van der Waals surface area contributed by atoms with Crippen LogP contribution in [-0.4, -0.2) is 34.7 Å². The molecule has 142 valence electrons. The van der Waals surface area contributed by atoms with Crippen LogP contribution in [0.3, 0.4) is 0 Å².